The standard InChI is InChI=1S/C14H27FO7/c1-4-7-9-11-18-20-14(21-22-15,19-13(16)17)12(6-3)10-8-5-2/h12H,4-11H2,1-3H3,(H,16,17). The Morgan fingerprint density at radius 2 is 1.82 bits per heavy atom. The molecule has 8 heteroatoms. The fourth-order valence-corrected chi connectivity index (χ4v) is 2.05. The molecule has 7 nitrogen and oxygen atoms in total. The molecule has 0 spiro atoms. The van der Waals surface area contributed by atoms with Crippen molar-refractivity contribution in [3.8, 4) is 0 Å². The van der Waals surface area contributed by atoms with Gasteiger partial charge in [-0.15, -0.1) is 4.89 Å². The third-order valence-electron chi connectivity index (χ3n) is 3.28. The topological polar surface area (TPSA) is 83.5 Å². The van der Waals surface area contributed by atoms with Gasteiger partial charge >= 0.3 is 12.1 Å². The Bertz CT molecular complexity index is 290. The lowest BCUT2D eigenvalue weighted by atomic mass is 9.97. The maximum absolute atomic E-state index is 12.3. The molecule has 0 heterocycles. The van der Waals surface area contributed by atoms with Crippen molar-refractivity contribution in [1.29, 1.82) is 0 Å². The van der Waals surface area contributed by atoms with Crippen LogP contribution in [0.3, 0.4) is 0 Å². The first-order valence-corrected chi connectivity index (χ1v) is 7.75. The Hall–Kier alpha value is -0.960. The number of unbranched alkanes of at least 4 members (excludes halogenated alkanes) is 3. The molecular formula is C14H27FO7. The molecular weight excluding hydrogens is 299 g/mol. The molecule has 0 radical (unpaired) electrons. The minimum absolute atomic E-state index is 0.207. The van der Waals surface area contributed by atoms with Gasteiger partial charge < -0.3 is 9.84 Å². The lowest BCUT2D eigenvalue weighted by Crippen LogP contribution is -2.47. The fraction of sp³-hybridized carbons (Fsp3) is 0.929. The molecule has 0 aliphatic rings. The van der Waals surface area contributed by atoms with E-state index in [1.807, 2.05) is 13.8 Å². The molecule has 2 unspecified atom stereocenters. The third kappa shape index (κ3) is 7.88. The van der Waals surface area contributed by atoms with E-state index >= 15 is 0 Å². The van der Waals surface area contributed by atoms with Crippen molar-refractivity contribution in [2.75, 3.05) is 6.61 Å². The van der Waals surface area contributed by atoms with Gasteiger partial charge in [0.1, 0.15) is 0 Å². The van der Waals surface area contributed by atoms with Gasteiger partial charge in [0.15, 0.2) is 0 Å². The van der Waals surface area contributed by atoms with Crippen LogP contribution in [0.2, 0.25) is 0 Å². The molecule has 22 heavy (non-hydrogen) atoms. The number of hydrogen-bond donors (Lipinski definition) is 1. The Kier molecular flexibility index (Phi) is 12.0. The average molecular weight is 326 g/mol. The summed E-state index contributed by atoms with van der Waals surface area (Å²) in [6.45, 7) is 5.98. The smallest absolute Gasteiger partial charge is 0.450 e. The number of hydrogen-bond acceptors (Lipinski definition) is 6. The molecule has 0 saturated carbocycles. The van der Waals surface area contributed by atoms with E-state index in [0.29, 0.717) is 19.3 Å². The lowest BCUT2D eigenvalue weighted by Gasteiger charge is -2.33. The van der Waals surface area contributed by atoms with E-state index < -0.39 is 18.0 Å². The molecule has 2 atom stereocenters. The Labute approximate surface area is 130 Å². The summed E-state index contributed by atoms with van der Waals surface area (Å²) in [5.41, 5.74) is 0. The van der Waals surface area contributed by atoms with E-state index in [0.717, 1.165) is 25.7 Å². The zero-order valence-corrected chi connectivity index (χ0v) is 13.5. The van der Waals surface area contributed by atoms with Gasteiger partial charge in [0.25, 0.3) is 0 Å². The van der Waals surface area contributed by atoms with Gasteiger partial charge in [0.2, 0.25) is 0 Å². The minimum atomic E-state index is -2.28. The van der Waals surface area contributed by atoms with Crippen LogP contribution in [0.15, 0.2) is 0 Å². The second-order valence-corrected chi connectivity index (χ2v) is 4.98. The largest absolute Gasteiger partial charge is 0.510 e. The van der Waals surface area contributed by atoms with Crippen LogP contribution in [0.5, 0.6) is 0 Å². The fourth-order valence-electron chi connectivity index (χ4n) is 2.05. The average Bonchev–Trinajstić information content (AvgIpc) is 2.47. The summed E-state index contributed by atoms with van der Waals surface area (Å²) in [5.74, 6) is -2.86. The first kappa shape index (κ1) is 21.0. The maximum Gasteiger partial charge on any atom is 0.510 e. The van der Waals surface area contributed by atoms with Gasteiger partial charge in [-0.05, 0) is 28.9 Å². The molecule has 132 valence electrons. The molecule has 0 saturated heterocycles. The molecule has 0 amide bonds. The van der Waals surface area contributed by atoms with Gasteiger partial charge in [0, 0.05) is 0 Å². The van der Waals surface area contributed by atoms with Crippen molar-refractivity contribution in [2.24, 2.45) is 5.92 Å². The van der Waals surface area contributed by atoms with Crippen LogP contribution < -0.4 is 0 Å². The SMILES string of the molecule is CCCCCOOC(OOF)(OC(=O)O)C(CC)CCCC. The zero-order chi connectivity index (χ0) is 16.8. The summed E-state index contributed by atoms with van der Waals surface area (Å²) in [5, 5.41) is 12.0. The molecule has 0 aromatic rings. The highest BCUT2D eigenvalue weighted by Gasteiger charge is 2.48. The summed E-state index contributed by atoms with van der Waals surface area (Å²) in [4.78, 5) is 25.2. The minimum Gasteiger partial charge on any atom is -0.450 e. The first-order chi connectivity index (χ1) is 10.6. The molecule has 0 bridgehead atoms. The van der Waals surface area contributed by atoms with Crippen LogP contribution in [-0.2, 0) is 24.5 Å². The van der Waals surface area contributed by atoms with Crippen molar-refractivity contribution < 1.29 is 38.9 Å². The van der Waals surface area contributed by atoms with Gasteiger partial charge in [0.05, 0.1) is 12.5 Å². The van der Waals surface area contributed by atoms with Gasteiger partial charge in [-0.25, -0.2) is 9.68 Å². The Morgan fingerprint density at radius 1 is 1.14 bits per heavy atom. The van der Waals surface area contributed by atoms with Gasteiger partial charge in [-0.1, -0.05) is 46.5 Å². The second-order valence-electron chi connectivity index (χ2n) is 4.98. The quantitative estimate of drug-likeness (QED) is 0.165. The number of ether oxygens (including phenoxy) is 1. The zero-order valence-electron chi connectivity index (χ0n) is 13.5. The summed E-state index contributed by atoms with van der Waals surface area (Å²) < 4.78 is 16.9. The van der Waals surface area contributed by atoms with Crippen LogP contribution >= 0.6 is 0 Å². The highest BCUT2D eigenvalue weighted by molar-refractivity contribution is 5.57. The Morgan fingerprint density at radius 3 is 2.32 bits per heavy atom. The monoisotopic (exact) mass is 326 g/mol. The third-order valence-corrected chi connectivity index (χ3v) is 3.28. The van der Waals surface area contributed by atoms with Crippen LogP contribution in [0.25, 0.3) is 0 Å². The highest BCUT2D eigenvalue weighted by Crippen LogP contribution is 2.33. The summed E-state index contributed by atoms with van der Waals surface area (Å²) in [7, 11) is 0. The van der Waals surface area contributed by atoms with E-state index in [1.165, 1.54) is 0 Å². The van der Waals surface area contributed by atoms with Crippen LogP contribution in [-0.4, -0.2) is 23.8 Å². The molecule has 0 aliphatic carbocycles. The summed E-state index contributed by atoms with van der Waals surface area (Å²) in [6, 6.07) is 0. The van der Waals surface area contributed by atoms with Gasteiger partial charge in [-0.2, -0.15) is 4.89 Å². The van der Waals surface area contributed by atoms with Crippen molar-refractivity contribution in [2.45, 2.75) is 71.7 Å². The maximum atomic E-state index is 12.3. The van der Waals surface area contributed by atoms with Crippen molar-refractivity contribution >= 4 is 6.16 Å². The molecule has 0 rings (SSSR count). The first-order valence-electron chi connectivity index (χ1n) is 7.75. The Balaban J connectivity index is 4.90. The van der Waals surface area contributed by atoms with E-state index in [2.05, 4.69) is 14.7 Å². The van der Waals surface area contributed by atoms with Crippen molar-refractivity contribution in [1.82, 2.24) is 0 Å². The molecule has 0 aromatic heterocycles. The molecule has 0 aromatic carbocycles. The summed E-state index contributed by atoms with van der Waals surface area (Å²) >= 11 is 0. The van der Waals surface area contributed by atoms with E-state index in [4.69, 9.17) is 14.9 Å². The van der Waals surface area contributed by atoms with Gasteiger partial charge in [-0.3, -0.25) is 0 Å². The molecule has 0 fully saturated rings. The number of carbonyl (C=O) groups is 1. The van der Waals surface area contributed by atoms with E-state index in [-0.39, 0.29) is 6.61 Å². The van der Waals surface area contributed by atoms with Crippen molar-refractivity contribution in [3.05, 3.63) is 0 Å². The number of halogens is 1. The normalized spacial score (nSPS) is 15.3. The summed E-state index contributed by atoms with van der Waals surface area (Å²) in [6.07, 6.45) is 3.50. The van der Waals surface area contributed by atoms with Crippen molar-refractivity contribution in [3.63, 3.8) is 0 Å². The second kappa shape index (κ2) is 12.6. The molecule has 1 N–H and O–H groups in total. The number of rotatable bonds is 14. The van der Waals surface area contributed by atoms with Crippen LogP contribution in [0.1, 0.15) is 65.7 Å². The van der Waals surface area contributed by atoms with Crippen LogP contribution in [0, 0.1) is 5.92 Å². The predicted molar refractivity (Wildman–Crippen MR) is 75.0 cm³/mol. The number of carboxylic acid groups (broad SMARTS) is 1. The van der Waals surface area contributed by atoms with E-state index in [9.17, 15) is 9.32 Å². The predicted octanol–water partition coefficient (Wildman–Crippen LogP) is 4.52. The van der Waals surface area contributed by atoms with Crippen LogP contribution in [0.4, 0.5) is 9.32 Å². The molecule has 0 aliphatic heterocycles. The van der Waals surface area contributed by atoms with E-state index in [1.54, 1.807) is 6.92 Å². The lowest BCUT2D eigenvalue weighted by molar-refractivity contribution is -0.619. The highest BCUT2D eigenvalue weighted by atomic mass is 19.3.